The Kier molecular flexibility index (Phi) is 4.64. The number of anilines is 1. The van der Waals surface area contributed by atoms with Crippen LogP contribution >= 0.6 is 0 Å². The van der Waals surface area contributed by atoms with Crippen LogP contribution in [0.15, 0.2) is 34.7 Å². The van der Waals surface area contributed by atoms with Crippen LogP contribution in [-0.4, -0.2) is 32.8 Å². The van der Waals surface area contributed by atoms with E-state index in [1.807, 2.05) is 30.3 Å². The van der Waals surface area contributed by atoms with Gasteiger partial charge in [0.1, 0.15) is 6.54 Å². The Bertz CT molecular complexity index is 740. The quantitative estimate of drug-likeness (QED) is 0.801. The number of carbonyl (C=O) groups excluding carboxylic acids is 3. The van der Waals surface area contributed by atoms with Gasteiger partial charge in [-0.2, -0.15) is 0 Å². The number of imide groups is 1. The first-order chi connectivity index (χ1) is 11.6. The molecule has 1 fully saturated rings. The van der Waals surface area contributed by atoms with Crippen LogP contribution in [0.2, 0.25) is 0 Å². The van der Waals surface area contributed by atoms with Gasteiger partial charge in [-0.15, -0.1) is 5.10 Å². The molecule has 1 N–H and O–H groups in total. The number of benzene rings is 1. The number of likely N-dealkylation sites (tertiary alicyclic amines) is 1. The summed E-state index contributed by atoms with van der Waals surface area (Å²) < 4.78 is 5.26. The van der Waals surface area contributed by atoms with Gasteiger partial charge in [0.05, 0.1) is 0 Å². The normalized spacial score (nSPS) is 14.2. The number of aromatic nitrogens is 2. The van der Waals surface area contributed by atoms with Crippen molar-refractivity contribution >= 4 is 23.7 Å². The molecule has 1 aromatic heterocycles. The van der Waals surface area contributed by atoms with E-state index in [0.717, 1.165) is 10.5 Å². The van der Waals surface area contributed by atoms with Gasteiger partial charge in [-0.05, 0) is 12.0 Å². The minimum Gasteiger partial charge on any atom is -0.406 e. The smallest absolute Gasteiger partial charge is 0.322 e. The van der Waals surface area contributed by atoms with E-state index in [2.05, 4.69) is 15.5 Å². The van der Waals surface area contributed by atoms with Gasteiger partial charge >= 0.3 is 6.01 Å². The highest BCUT2D eigenvalue weighted by atomic mass is 16.4. The van der Waals surface area contributed by atoms with Gasteiger partial charge in [0.2, 0.25) is 23.6 Å². The standard InChI is InChI=1S/C16H16N4O4/c21-12(7-6-11-4-2-1-3-5-11)17-16-19-18-13(24-16)10-20-14(22)8-9-15(20)23/h1-5H,6-10H2,(H,17,19,21). The second kappa shape index (κ2) is 7.03. The third kappa shape index (κ3) is 3.83. The number of nitrogens with one attached hydrogen (secondary N) is 1. The summed E-state index contributed by atoms with van der Waals surface area (Å²) in [6, 6.07) is 9.60. The molecule has 0 spiro atoms. The summed E-state index contributed by atoms with van der Waals surface area (Å²) in [5, 5.41) is 9.96. The van der Waals surface area contributed by atoms with Gasteiger partial charge in [0.25, 0.3) is 0 Å². The number of hydrogen-bond donors (Lipinski definition) is 1. The Morgan fingerprint density at radius 2 is 1.83 bits per heavy atom. The molecule has 0 radical (unpaired) electrons. The summed E-state index contributed by atoms with van der Waals surface area (Å²) in [7, 11) is 0. The van der Waals surface area contributed by atoms with Gasteiger partial charge in [-0.1, -0.05) is 35.4 Å². The molecule has 0 aliphatic carbocycles. The number of hydrogen-bond acceptors (Lipinski definition) is 6. The summed E-state index contributed by atoms with van der Waals surface area (Å²) in [4.78, 5) is 36.0. The van der Waals surface area contributed by atoms with Gasteiger partial charge < -0.3 is 4.42 Å². The van der Waals surface area contributed by atoms with E-state index >= 15 is 0 Å². The van der Waals surface area contributed by atoms with Crippen molar-refractivity contribution in [2.24, 2.45) is 0 Å². The largest absolute Gasteiger partial charge is 0.406 e. The van der Waals surface area contributed by atoms with Gasteiger partial charge in [0.15, 0.2) is 0 Å². The molecule has 2 aromatic rings. The number of rotatable bonds is 6. The topological polar surface area (TPSA) is 105 Å². The fraction of sp³-hybridized carbons (Fsp3) is 0.312. The second-order valence-electron chi connectivity index (χ2n) is 5.41. The molecule has 124 valence electrons. The van der Waals surface area contributed by atoms with E-state index in [1.54, 1.807) is 0 Å². The molecule has 0 unspecified atom stereocenters. The maximum absolute atomic E-state index is 11.9. The molecule has 3 amide bonds. The van der Waals surface area contributed by atoms with Gasteiger partial charge in [-0.25, -0.2) is 0 Å². The molecule has 0 bridgehead atoms. The fourth-order valence-electron chi connectivity index (χ4n) is 2.39. The average molecular weight is 328 g/mol. The van der Waals surface area contributed by atoms with E-state index in [9.17, 15) is 14.4 Å². The lowest BCUT2D eigenvalue weighted by atomic mass is 10.1. The van der Waals surface area contributed by atoms with Crippen LogP contribution in [0.4, 0.5) is 6.01 Å². The Morgan fingerprint density at radius 1 is 1.12 bits per heavy atom. The van der Waals surface area contributed by atoms with Crippen molar-refractivity contribution in [3.63, 3.8) is 0 Å². The predicted octanol–water partition coefficient (Wildman–Crippen LogP) is 1.29. The lowest BCUT2D eigenvalue weighted by Crippen LogP contribution is -2.28. The van der Waals surface area contributed by atoms with Crippen molar-refractivity contribution in [1.82, 2.24) is 15.1 Å². The van der Waals surface area contributed by atoms with E-state index in [1.165, 1.54) is 0 Å². The summed E-state index contributed by atoms with van der Waals surface area (Å²) in [6.07, 6.45) is 1.29. The molecule has 0 saturated carbocycles. The van der Waals surface area contributed by atoms with Crippen molar-refractivity contribution in [2.45, 2.75) is 32.2 Å². The molecule has 1 saturated heterocycles. The molecule has 2 heterocycles. The van der Waals surface area contributed by atoms with Crippen molar-refractivity contribution in [2.75, 3.05) is 5.32 Å². The number of nitrogens with zero attached hydrogens (tertiary/aromatic N) is 3. The molecule has 8 heteroatoms. The van der Waals surface area contributed by atoms with Gasteiger partial charge in [-0.3, -0.25) is 24.6 Å². The fourth-order valence-corrected chi connectivity index (χ4v) is 2.39. The molecule has 8 nitrogen and oxygen atoms in total. The highest BCUT2D eigenvalue weighted by Gasteiger charge is 2.30. The van der Waals surface area contributed by atoms with Crippen LogP contribution in [0.25, 0.3) is 0 Å². The SMILES string of the molecule is O=C(CCc1ccccc1)Nc1nnc(CN2C(=O)CCC2=O)o1. The van der Waals surface area contributed by atoms with E-state index in [4.69, 9.17) is 4.42 Å². The summed E-state index contributed by atoms with van der Waals surface area (Å²) >= 11 is 0. The maximum atomic E-state index is 11.9. The monoisotopic (exact) mass is 328 g/mol. The van der Waals surface area contributed by atoms with Crippen molar-refractivity contribution in [3.05, 3.63) is 41.8 Å². The van der Waals surface area contributed by atoms with Crippen molar-refractivity contribution in [1.29, 1.82) is 0 Å². The minimum atomic E-state index is -0.258. The molecule has 1 aliphatic rings. The third-order valence-electron chi connectivity index (χ3n) is 3.64. The molecule has 1 aromatic carbocycles. The summed E-state index contributed by atoms with van der Waals surface area (Å²) in [6.45, 7) is -0.0649. The first kappa shape index (κ1) is 15.9. The van der Waals surface area contributed by atoms with Crippen molar-refractivity contribution in [3.8, 4) is 0 Å². The predicted molar refractivity (Wildman–Crippen MR) is 82.5 cm³/mol. The van der Waals surface area contributed by atoms with E-state index in [-0.39, 0.29) is 55.4 Å². The lowest BCUT2D eigenvalue weighted by molar-refractivity contribution is -0.139. The van der Waals surface area contributed by atoms with Crippen LogP contribution in [0.3, 0.4) is 0 Å². The van der Waals surface area contributed by atoms with Crippen LogP contribution in [0.1, 0.15) is 30.7 Å². The summed E-state index contributed by atoms with van der Waals surface area (Å²) in [5.74, 6) is -0.655. The maximum Gasteiger partial charge on any atom is 0.322 e. The van der Waals surface area contributed by atoms with Crippen LogP contribution in [0, 0.1) is 0 Å². The first-order valence-electron chi connectivity index (χ1n) is 7.61. The third-order valence-corrected chi connectivity index (χ3v) is 3.64. The van der Waals surface area contributed by atoms with E-state index in [0.29, 0.717) is 6.42 Å². The van der Waals surface area contributed by atoms with Gasteiger partial charge in [0, 0.05) is 19.3 Å². The summed E-state index contributed by atoms with van der Waals surface area (Å²) in [5.41, 5.74) is 1.06. The number of amides is 3. The zero-order valence-corrected chi connectivity index (χ0v) is 12.9. The molecule has 1 aliphatic heterocycles. The minimum absolute atomic E-state index is 0.0397. The first-order valence-corrected chi connectivity index (χ1v) is 7.61. The molecule has 0 atom stereocenters. The zero-order chi connectivity index (χ0) is 16.9. The lowest BCUT2D eigenvalue weighted by Gasteiger charge is -2.09. The van der Waals surface area contributed by atoms with Crippen LogP contribution in [0.5, 0.6) is 0 Å². The highest BCUT2D eigenvalue weighted by molar-refractivity contribution is 6.01. The Labute approximate surface area is 137 Å². The molecule has 3 rings (SSSR count). The highest BCUT2D eigenvalue weighted by Crippen LogP contribution is 2.16. The average Bonchev–Trinajstić information content (AvgIpc) is 3.15. The Morgan fingerprint density at radius 3 is 2.54 bits per heavy atom. The Hall–Kier alpha value is -3.03. The van der Waals surface area contributed by atoms with Crippen LogP contribution in [-0.2, 0) is 27.3 Å². The number of carbonyl (C=O) groups is 3. The zero-order valence-electron chi connectivity index (χ0n) is 12.9. The van der Waals surface area contributed by atoms with Crippen LogP contribution < -0.4 is 5.32 Å². The number of aryl methyl sites for hydroxylation is 1. The van der Waals surface area contributed by atoms with Crippen molar-refractivity contribution < 1.29 is 18.8 Å². The molecule has 24 heavy (non-hydrogen) atoms. The Balaban J connectivity index is 1.51. The second-order valence-corrected chi connectivity index (χ2v) is 5.41. The van der Waals surface area contributed by atoms with E-state index < -0.39 is 0 Å². The molecular weight excluding hydrogens is 312 g/mol. The molecular formula is C16H16N4O4.